The molecule has 338 valence electrons. The highest BCUT2D eigenvalue weighted by atomic mass is 16.5. The molecular weight excluding hydrogens is 829 g/mol. The van der Waals surface area contributed by atoms with Crippen LogP contribution in [0.15, 0.2) is 133 Å². The van der Waals surface area contributed by atoms with Crippen molar-refractivity contribution in [3.05, 3.63) is 156 Å². The van der Waals surface area contributed by atoms with Crippen molar-refractivity contribution in [1.29, 1.82) is 10.5 Å². The van der Waals surface area contributed by atoms with Gasteiger partial charge in [0, 0.05) is 0 Å². The van der Waals surface area contributed by atoms with E-state index in [0.29, 0.717) is 48.3 Å². The Morgan fingerprint density at radius 1 is 0.394 bits per heavy atom. The van der Waals surface area contributed by atoms with Gasteiger partial charge in [0.25, 0.3) is 0 Å². The normalized spacial score (nSPS) is 10.7. The molecule has 0 fully saturated rings. The maximum absolute atomic E-state index is 13.3. The van der Waals surface area contributed by atoms with E-state index in [-0.39, 0.29) is 35.8 Å². The highest BCUT2D eigenvalue weighted by Gasteiger charge is 2.22. The first-order valence-corrected chi connectivity index (χ1v) is 22.8. The summed E-state index contributed by atoms with van der Waals surface area (Å²) in [6.45, 7) is 1.68. The lowest BCUT2D eigenvalue weighted by molar-refractivity contribution is 0.0486. The van der Waals surface area contributed by atoms with Gasteiger partial charge in [0.05, 0.1) is 60.8 Å². The number of ether oxygens (including phenoxy) is 4. The molecule has 0 aliphatic rings. The SMILES string of the molecule is N#Cc1ccc(-c2ccc(OCCCCCCCCOC(=O)c3cc(O)ccc3-c3ccc(O)cc3C(=O)OCCCCCCCCOc3ccc(-c4ccc(C#N)cc4)cc3)cc2)cc1. The molecule has 0 saturated heterocycles. The number of nitriles is 2. The Kier molecular flexibility index (Phi) is 18.6. The van der Waals surface area contributed by atoms with E-state index in [4.69, 9.17) is 29.5 Å². The van der Waals surface area contributed by atoms with E-state index in [1.54, 1.807) is 12.1 Å². The van der Waals surface area contributed by atoms with Crippen molar-refractivity contribution in [2.24, 2.45) is 0 Å². The van der Waals surface area contributed by atoms with Crippen LogP contribution >= 0.6 is 0 Å². The van der Waals surface area contributed by atoms with Crippen molar-refractivity contribution < 1.29 is 38.7 Å². The summed E-state index contributed by atoms with van der Waals surface area (Å²) in [6.07, 6.45) is 11.1. The third-order valence-electron chi connectivity index (χ3n) is 11.2. The molecule has 0 atom stereocenters. The van der Waals surface area contributed by atoms with Gasteiger partial charge in [-0.25, -0.2) is 9.59 Å². The number of rotatable bonds is 25. The van der Waals surface area contributed by atoms with E-state index in [1.807, 2.05) is 97.1 Å². The molecule has 2 N–H and O–H groups in total. The Hall–Kier alpha value is -7.56. The standard InChI is InChI=1S/C56H56N2O8/c57-39-41-13-17-43(18-14-41)45-21-27-49(28-22-45)63-33-9-5-1-3-7-11-35-65-55(61)53-37-47(59)25-31-51(53)52-32-26-48(60)38-54(52)56(62)66-36-12-8-4-2-6-10-34-64-50-29-23-46(24-30-50)44-19-15-42(40-58)16-20-44/h13-32,37-38,59-60H,1-12,33-36H2. The van der Waals surface area contributed by atoms with Crippen LogP contribution in [0.4, 0.5) is 0 Å². The molecule has 0 spiro atoms. The fraction of sp³-hybridized carbons (Fsp3) is 0.286. The van der Waals surface area contributed by atoms with Gasteiger partial charge in [-0.05, 0) is 144 Å². The number of hydrogen-bond donors (Lipinski definition) is 2. The fourth-order valence-electron chi connectivity index (χ4n) is 7.52. The molecule has 0 unspecified atom stereocenters. The Balaban J connectivity index is 0.844. The monoisotopic (exact) mass is 884 g/mol. The zero-order valence-electron chi connectivity index (χ0n) is 37.3. The first-order chi connectivity index (χ1) is 32.3. The molecule has 66 heavy (non-hydrogen) atoms. The zero-order valence-corrected chi connectivity index (χ0v) is 37.3. The van der Waals surface area contributed by atoms with E-state index in [9.17, 15) is 19.8 Å². The van der Waals surface area contributed by atoms with E-state index in [0.717, 1.165) is 98.0 Å². The second-order valence-electron chi connectivity index (χ2n) is 16.1. The highest BCUT2D eigenvalue weighted by Crippen LogP contribution is 2.33. The molecule has 10 nitrogen and oxygen atoms in total. The van der Waals surface area contributed by atoms with Gasteiger partial charge in [-0.2, -0.15) is 10.5 Å². The molecule has 0 heterocycles. The predicted molar refractivity (Wildman–Crippen MR) is 255 cm³/mol. The first-order valence-electron chi connectivity index (χ1n) is 22.8. The van der Waals surface area contributed by atoms with E-state index < -0.39 is 11.9 Å². The van der Waals surface area contributed by atoms with Gasteiger partial charge in [0.2, 0.25) is 0 Å². The van der Waals surface area contributed by atoms with Gasteiger partial charge in [-0.1, -0.05) is 99.9 Å². The number of nitrogens with zero attached hydrogens (tertiary/aromatic N) is 2. The summed E-state index contributed by atoms with van der Waals surface area (Å²) < 4.78 is 23.1. The lowest BCUT2D eigenvalue weighted by atomic mass is 9.94. The third kappa shape index (κ3) is 14.8. The van der Waals surface area contributed by atoms with Gasteiger partial charge in [-0.15, -0.1) is 0 Å². The highest BCUT2D eigenvalue weighted by molar-refractivity contribution is 6.03. The summed E-state index contributed by atoms with van der Waals surface area (Å²) in [7, 11) is 0. The van der Waals surface area contributed by atoms with Crippen LogP contribution in [0.1, 0.15) is 109 Å². The number of phenolic OH excluding ortho intramolecular Hbond substituents is 2. The molecule has 0 aliphatic carbocycles. The van der Waals surface area contributed by atoms with Crippen molar-refractivity contribution in [2.45, 2.75) is 77.0 Å². The molecule has 6 aromatic carbocycles. The molecule has 6 aromatic rings. The van der Waals surface area contributed by atoms with Crippen LogP contribution in [0, 0.1) is 22.7 Å². The van der Waals surface area contributed by atoms with Crippen LogP contribution in [-0.4, -0.2) is 48.6 Å². The van der Waals surface area contributed by atoms with Gasteiger partial charge in [-0.3, -0.25) is 0 Å². The molecule has 10 heteroatoms. The minimum absolute atomic E-state index is 0.113. The molecular formula is C56H56N2O8. The van der Waals surface area contributed by atoms with Crippen LogP contribution in [0.25, 0.3) is 33.4 Å². The second kappa shape index (κ2) is 25.7. The summed E-state index contributed by atoms with van der Waals surface area (Å²) in [5.41, 5.74) is 6.50. The Morgan fingerprint density at radius 3 is 1.03 bits per heavy atom. The Bertz CT molecular complexity index is 2380. The number of phenols is 2. The predicted octanol–water partition coefficient (Wildman–Crippen LogP) is 13.0. The molecule has 0 aliphatic heterocycles. The van der Waals surface area contributed by atoms with Crippen molar-refractivity contribution >= 4 is 11.9 Å². The van der Waals surface area contributed by atoms with Gasteiger partial charge in [0.15, 0.2) is 0 Å². The van der Waals surface area contributed by atoms with Crippen LogP contribution < -0.4 is 9.47 Å². The van der Waals surface area contributed by atoms with Crippen molar-refractivity contribution in [1.82, 2.24) is 0 Å². The zero-order chi connectivity index (χ0) is 46.4. The molecule has 6 rings (SSSR count). The minimum Gasteiger partial charge on any atom is -0.508 e. The number of hydrogen-bond acceptors (Lipinski definition) is 10. The van der Waals surface area contributed by atoms with Gasteiger partial charge in [0.1, 0.15) is 23.0 Å². The number of aromatic hydroxyl groups is 2. The lowest BCUT2D eigenvalue weighted by Gasteiger charge is -2.14. The fourth-order valence-corrected chi connectivity index (χ4v) is 7.52. The summed E-state index contributed by atoms with van der Waals surface area (Å²) in [5, 5.41) is 38.6. The van der Waals surface area contributed by atoms with E-state index in [1.165, 1.54) is 24.3 Å². The molecule has 0 bridgehead atoms. The quantitative estimate of drug-likeness (QED) is 0.0418. The number of carbonyl (C=O) groups excluding carboxylic acids is 2. The van der Waals surface area contributed by atoms with Crippen LogP contribution in [0.2, 0.25) is 0 Å². The number of benzene rings is 6. The summed E-state index contributed by atoms with van der Waals surface area (Å²) in [6, 6.07) is 43.8. The average molecular weight is 885 g/mol. The van der Waals surface area contributed by atoms with Crippen molar-refractivity contribution in [2.75, 3.05) is 26.4 Å². The van der Waals surface area contributed by atoms with Crippen molar-refractivity contribution in [3.8, 4) is 68.5 Å². The third-order valence-corrected chi connectivity index (χ3v) is 11.2. The summed E-state index contributed by atoms with van der Waals surface area (Å²) in [5.74, 6) is 0.183. The van der Waals surface area contributed by atoms with Crippen LogP contribution in [-0.2, 0) is 9.47 Å². The largest absolute Gasteiger partial charge is 0.508 e. The van der Waals surface area contributed by atoms with Crippen LogP contribution in [0.3, 0.4) is 0 Å². The topological polar surface area (TPSA) is 159 Å². The van der Waals surface area contributed by atoms with E-state index in [2.05, 4.69) is 12.1 Å². The van der Waals surface area contributed by atoms with Crippen molar-refractivity contribution in [3.63, 3.8) is 0 Å². The Morgan fingerprint density at radius 2 is 0.697 bits per heavy atom. The second-order valence-corrected chi connectivity index (χ2v) is 16.1. The summed E-state index contributed by atoms with van der Waals surface area (Å²) in [4.78, 5) is 26.7. The summed E-state index contributed by atoms with van der Waals surface area (Å²) >= 11 is 0. The molecule has 0 amide bonds. The maximum atomic E-state index is 13.3. The minimum atomic E-state index is -0.614. The van der Waals surface area contributed by atoms with E-state index >= 15 is 0 Å². The van der Waals surface area contributed by atoms with Gasteiger partial charge >= 0.3 is 11.9 Å². The number of carbonyl (C=O) groups is 2. The molecule has 0 radical (unpaired) electrons. The smallest absolute Gasteiger partial charge is 0.338 e. The molecule has 0 saturated carbocycles. The Labute approximate surface area is 387 Å². The number of esters is 2. The van der Waals surface area contributed by atoms with Gasteiger partial charge < -0.3 is 29.2 Å². The number of unbranched alkanes of at least 4 members (excludes halogenated alkanes) is 10. The average Bonchev–Trinajstić information content (AvgIpc) is 3.35. The maximum Gasteiger partial charge on any atom is 0.338 e. The van der Waals surface area contributed by atoms with Crippen LogP contribution in [0.5, 0.6) is 23.0 Å². The first kappa shape index (κ1) is 47.9. The lowest BCUT2D eigenvalue weighted by Crippen LogP contribution is -2.11. The molecule has 0 aromatic heterocycles.